The first-order chi connectivity index (χ1) is 24.0. The third kappa shape index (κ3) is 6.47. The Kier molecular flexibility index (Phi) is 9.54. The predicted octanol–water partition coefficient (Wildman–Crippen LogP) is 4.88. The van der Waals surface area contributed by atoms with E-state index in [-0.39, 0.29) is 6.61 Å². The quantitative estimate of drug-likeness (QED) is 0.125. The lowest BCUT2D eigenvalue weighted by Crippen LogP contribution is -2.39. The van der Waals surface area contributed by atoms with E-state index in [1.165, 1.54) is 6.33 Å². The van der Waals surface area contributed by atoms with Crippen LogP contribution >= 0.6 is 0 Å². The normalized spacial score (nSPS) is 20.1. The summed E-state index contributed by atoms with van der Waals surface area (Å²) >= 11 is 0. The van der Waals surface area contributed by atoms with Crippen molar-refractivity contribution in [3.63, 3.8) is 0 Å². The number of aromatic nitrogens is 4. The highest BCUT2D eigenvalue weighted by molar-refractivity contribution is 5.88. The molecule has 0 spiro atoms. The van der Waals surface area contributed by atoms with Crippen LogP contribution in [0, 0.1) is 0 Å². The number of aliphatic hydroxyl groups excluding tert-OH is 1. The third-order valence-electron chi connectivity index (χ3n) is 9.23. The molecule has 0 radical (unpaired) electrons. The van der Waals surface area contributed by atoms with Gasteiger partial charge in [0.25, 0.3) is 0 Å². The second-order valence-corrected chi connectivity index (χ2v) is 12.0. The van der Waals surface area contributed by atoms with Crippen molar-refractivity contribution < 1.29 is 28.8 Å². The molecular weight excluding hydrogens is 624 g/mol. The summed E-state index contributed by atoms with van der Waals surface area (Å²) in [5.41, 5.74) is 2.82. The van der Waals surface area contributed by atoms with E-state index < -0.39 is 24.0 Å². The molecule has 3 aromatic carbocycles. The number of nitrogens with zero attached hydrogens (tertiary/aromatic N) is 6. The molecule has 0 saturated carbocycles. The third-order valence-corrected chi connectivity index (χ3v) is 9.23. The van der Waals surface area contributed by atoms with E-state index in [2.05, 4.69) is 19.9 Å². The molecule has 4 heterocycles. The molecule has 12 heteroatoms. The highest BCUT2D eigenvalue weighted by atomic mass is 16.6. The van der Waals surface area contributed by atoms with Crippen molar-refractivity contribution in [2.24, 2.45) is 4.99 Å². The fraction of sp³-hybridized carbons (Fsp3) is 0.351. The standard InChI is InChI=1S/C37H40N6O6/c1-25(42-17-19-47-20-18-42)41-35-34-36(39-23-38-35)43(24-40-34)33-21-31(44)32(49-33)22-48-37(26-7-5-4-6-8-26,27-9-13-29(45-2)14-10-27)28-11-15-30(46-3)16-12-28/h4-16,23-24,31-33,44H,17-22H2,1-3H3/b41-25-/t31?,32-,33-/m1/s1. The van der Waals surface area contributed by atoms with Gasteiger partial charge in [-0.05, 0) is 47.9 Å². The maximum Gasteiger partial charge on any atom is 0.185 e. The molecule has 5 aromatic rings. The van der Waals surface area contributed by atoms with Crippen LogP contribution in [0.1, 0.15) is 36.3 Å². The second-order valence-electron chi connectivity index (χ2n) is 12.0. The first-order valence-electron chi connectivity index (χ1n) is 16.4. The van der Waals surface area contributed by atoms with Crippen molar-refractivity contribution in [2.75, 3.05) is 47.1 Å². The number of hydrogen-bond acceptors (Lipinski definition) is 10. The van der Waals surface area contributed by atoms with Gasteiger partial charge in [0, 0.05) is 19.5 Å². The Morgan fingerprint density at radius 1 is 0.878 bits per heavy atom. The zero-order valence-electron chi connectivity index (χ0n) is 27.8. The van der Waals surface area contributed by atoms with Gasteiger partial charge in [0.1, 0.15) is 41.6 Å². The number of aliphatic imine (C=N–C) groups is 1. The average Bonchev–Trinajstić information content (AvgIpc) is 3.76. The number of ether oxygens (including phenoxy) is 5. The average molecular weight is 665 g/mol. The summed E-state index contributed by atoms with van der Waals surface area (Å²) in [5, 5.41) is 11.4. The highest BCUT2D eigenvalue weighted by Gasteiger charge is 2.42. The van der Waals surface area contributed by atoms with Gasteiger partial charge in [-0.2, -0.15) is 0 Å². The Morgan fingerprint density at radius 2 is 1.51 bits per heavy atom. The Labute approximate surface area is 284 Å². The number of aliphatic hydroxyl groups is 1. The molecule has 2 saturated heterocycles. The molecule has 2 aromatic heterocycles. The van der Waals surface area contributed by atoms with Crippen LogP contribution in [0.15, 0.2) is 96.5 Å². The smallest absolute Gasteiger partial charge is 0.185 e. The lowest BCUT2D eigenvalue weighted by Gasteiger charge is -2.37. The molecule has 3 atom stereocenters. The Bertz CT molecular complexity index is 1830. The van der Waals surface area contributed by atoms with Crippen molar-refractivity contribution in [3.8, 4) is 11.5 Å². The summed E-state index contributed by atoms with van der Waals surface area (Å²) in [6.45, 7) is 4.94. The van der Waals surface area contributed by atoms with E-state index in [1.54, 1.807) is 20.5 Å². The molecule has 0 aliphatic carbocycles. The molecule has 0 amide bonds. The van der Waals surface area contributed by atoms with Crippen LogP contribution in [-0.4, -0.2) is 94.7 Å². The first-order valence-corrected chi connectivity index (χ1v) is 16.4. The number of fused-ring (bicyclic) bond motifs is 1. The molecule has 2 fully saturated rings. The van der Waals surface area contributed by atoms with Crippen LogP contribution in [0.25, 0.3) is 11.2 Å². The Balaban J connectivity index is 1.18. The van der Waals surface area contributed by atoms with Crippen LogP contribution in [-0.2, 0) is 19.8 Å². The summed E-state index contributed by atoms with van der Waals surface area (Å²) in [5.74, 6) is 2.80. The molecule has 12 nitrogen and oxygen atoms in total. The van der Waals surface area contributed by atoms with E-state index in [4.69, 9.17) is 28.7 Å². The molecule has 2 aliphatic rings. The van der Waals surface area contributed by atoms with Crippen molar-refractivity contribution >= 4 is 22.8 Å². The van der Waals surface area contributed by atoms with Crippen LogP contribution in [0.3, 0.4) is 0 Å². The second kappa shape index (κ2) is 14.3. The topological polar surface area (TPSA) is 126 Å². The van der Waals surface area contributed by atoms with E-state index >= 15 is 0 Å². The van der Waals surface area contributed by atoms with E-state index in [9.17, 15) is 5.11 Å². The van der Waals surface area contributed by atoms with Crippen molar-refractivity contribution in [2.45, 2.75) is 37.4 Å². The van der Waals surface area contributed by atoms with Gasteiger partial charge >= 0.3 is 0 Å². The molecule has 1 unspecified atom stereocenters. The number of imidazole rings is 1. The number of methoxy groups -OCH3 is 2. The lowest BCUT2D eigenvalue weighted by atomic mass is 9.80. The zero-order valence-corrected chi connectivity index (χ0v) is 27.8. The van der Waals surface area contributed by atoms with Gasteiger partial charge < -0.3 is 33.7 Å². The van der Waals surface area contributed by atoms with Gasteiger partial charge in [0.05, 0.1) is 46.5 Å². The summed E-state index contributed by atoms with van der Waals surface area (Å²) in [6, 6.07) is 25.7. The van der Waals surface area contributed by atoms with Crippen molar-refractivity contribution in [1.82, 2.24) is 24.4 Å². The summed E-state index contributed by atoms with van der Waals surface area (Å²) in [6.07, 6.45) is 1.53. The summed E-state index contributed by atoms with van der Waals surface area (Å²) < 4.78 is 31.8. The molecule has 1 N–H and O–H groups in total. The monoisotopic (exact) mass is 664 g/mol. The lowest BCUT2D eigenvalue weighted by molar-refractivity contribution is -0.0931. The fourth-order valence-electron chi connectivity index (χ4n) is 6.56. The van der Waals surface area contributed by atoms with Crippen molar-refractivity contribution in [1.29, 1.82) is 0 Å². The molecule has 49 heavy (non-hydrogen) atoms. The molecule has 0 bridgehead atoms. The number of amidine groups is 1. The van der Waals surface area contributed by atoms with Gasteiger partial charge in [-0.15, -0.1) is 0 Å². The van der Waals surface area contributed by atoms with Crippen molar-refractivity contribution in [3.05, 3.63) is 108 Å². The number of rotatable bonds is 10. The fourth-order valence-corrected chi connectivity index (χ4v) is 6.56. The van der Waals surface area contributed by atoms with Gasteiger partial charge in [-0.25, -0.2) is 19.9 Å². The SMILES string of the molecule is COc1ccc(C(OC[C@H]2O[C@@H](n3cnc4c(/N=C(/C)N5CCOCC5)ncnc43)CC2O)(c2ccccc2)c2ccc(OC)cc2)cc1. The maximum atomic E-state index is 11.4. The Hall–Kier alpha value is -4.88. The Morgan fingerprint density at radius 3 is 2.14 bits per heavy atom. The van der Waals surface area contributed by atoms with Crippen LogP contribution in [0.2, 0.25) is 0 Å². The summed E-state index contributed by atoms with van der Waals surface area (Å²) in [7, 11) is 3.29. The minimum Gasteiger partial charge on any atom is -0.497 e. The van der Waals surface area contributed by atoms with Gasteiger partial charge in [-0.1, -0.05) is 54.6 Å². The van der Waals surface area contributed by atoms with Crippen LogP contribution < -0.4 is 9.47 Å². The van der Waals surface area contributed by atoms with E-state index in [0.717, 1.165) is 47.1 Å². The van der Waals surface area contributed by atoms with Gasteiger partial charge in [0.15, 0.2) is 17.0 Å². The van der Waals surface area contributed by atoms with Gasteiger partial charge in [0.2, 0.25) is 0 Å². The predicted molar refractivity (Wildman–Crippen MR) is 183 cm³/mol. The van der Waals surface area contributed by atoms with Crippen LogP contribution in [0.5, 0.6) is 11.5 Å². The highest BCUT2D eigenvalue weighted by Crippen LogP contribution is 2.43. The van der Waals surface area contributed by atoms with E-state index in [1.807, 2.05) is 90.4 Å². The molecular formula is C37H40N6O6. The van der Waals surface area contributed by atoms with Gasteiger partial charge in [-0.3, -0.25) is 4.57 Å². The minimum atomic E-state index is -1.04. The number of hydrogen-bond donors (Lipinski definition) is 1. The zero-order chi connectivity index (χ0) is 33.8. The van der Waals surface area contributed by atoms with Crippen LogP contribution in [0.4, 0.5) is 5.82 Å². The number of benzene rings is 3. The molecule has 254 valence electrons. The summed E-state index contributed by atoms with van der Waals surface area (Å²) in [4.78, 5) is 20.5. The molecule has 2 aliphatic heterocycles. The van der Waals surface area contributed by atoms with E-state index in [0.29, 0.717) is 36.6 Å². The number of morpholine rings is 1. The maximum absolute atomic E-state index is 11.4. The first kappa shape index (κ1) is 32.7. The minimum absolute atomic E-state index is 0.0977. The molecule has 7 rings (SSSR count). The largest absolute Gasteiger partial charge is 0.497 e.